The molecule has 0 bridgehead atoms. The third-order valence-electron chi connectivity index (χ3n) is 4.36. The molecule has 0 saturated heterocycles. The third-order valence-corrected chi connectivity index (χ3v) is 4.62. The summed E-state index contributed by atoms with van der Waals surface area (Å²) in [7, 11) is 2.08. The van der Waals surface area contributed by atoms with Crippen molar-refractivity contribution in [2.45, 2.75) is 25.3 Å². The molecule has 3 rings (SSSR count). The van der Waals surface area contributed by atoms with Gasteiger partial charge in [0.25, 0.3) is 0 Å². The van der Waals surface area contributed by atoms with Crippen LogP contribution in [0.15, 0.2) is 54.7 Å². The van der Waals surface area contributed by atoms with Crippen LogP contribution in [0.3, 0.4) is 0 Å². The van der Waals surface area contributed by atoms with Gasteiger partial charge in [0.2, 0.25) is 0 Å². The molecular formula is C19H21ClN2. The van der Waals surface area contributed by atoms with Crippen LogP contribution < -0.4 is 5.73 Å². The Bertz CT molecular complexity index is 772. The van der Waals surface area contributed by atoms with Crippen LogP contribution in [0, 0.1) is 0 Å². The number of halogens is 1. The van der Waals surface area contributed by atoms with Gasteiger partial charge < -0.3 is 10.3 Å². The van der Waals surface area contributed by atoms with Gasteiger partial charge in [0.1, 0.15) is 0 Å². The highest BCUT2D eigenvalue weighted by atomic mass is 35.5. The molecule has 22 heavy (non-hydrogen) atoms. The van der Waals surface area contributed by atoms with Crippen molar-refractivity contribution in [3.05, 3.63) is 70.9 Å². The molecule has 0 fully saturated rings. The molecule has 0 radical (unpaired) electrons. The minimum atomic E-state index is 0.0847. The molecule has 0 saturated carbocycles. The number of hydrogen-bond acceptors (Lipinski definition) is 1. The van der Waals surface area contributed by atoms with Crippen molar-refractivity contribution < 1.29 is 0 Å². The van der Waals surface area contributed by atoms with Gasteiger partial charge in [-0.2, -0.15) is 0 Å². The average molecular weight is 313 g/mol. The van der Waals surface area contributed by atoms with Crippen LogP contribution in [-0.4, -0.2) is 10.6 Å². The molecule has 2 nitrogen and oxygen atoms in total. The first-order valence-corrected chi connectivity index (χ1v) is 7.98. The minimum Gasteiger partial charge on any atom is -0.351 e. The molecule has 2 aromatic carbocycles. The van der Waals surface area contributed by atoms with Crippen molar-refractivity contribution in [3.8, 4) is 0 Å². The summed E-state index contributed by atoms with van der Waals surface area (Å²) in [4.78, 5) is 0. The summed E-state index contributed by atoms with van der Waals surface area (Å²) >= 11 is 5.98. The predicted octanol–water partition coefficient (Wildman–Crippen LogP) is 4.51. The SMILES string of the molecule is C[C@@H](N)[C@H](Cc1ccc(Cl)cc1)c1cccc2c1ccn2C. The molecule has 114 valence electrons. The maximum atomic E-state index is 6.31. The summed E-state index contributed by atoms with van der Waals surface area (Å²) in [5, 5.41) is 2.06. The lowest BCUT2D eigenvalue weighted by molar-refractivity contribution is 0.568. The van der Waals surface area contributed by atoms with Crippen molar-refractivity contribution in [2.75, 3.05) is 0 Å². The monoisotopic (exact) mass is 312 g/mol. The zero-order valence-corrected chi connectivity index (χ0v) is 13.7. The first-order chi connectivity index (χ1) is 10.6. The van der Waals surface area contributed by atoms with Gasteiger partial charge in [0.05, 0.1) is 0 Å². The van der Waals surface area contributed by atoms with Crippen LogP contribution in [0.25, 0.3) is 10.9 Å². The Hall–Kier alpha value is -1.77. The predicted molar refractivity (Wildman–Crippen MR) is 94.5 cm³/mol. The second kappa shape index (κ2) is 6.15. The average Bonchev–Trinajstić information content (AvgIpc) is 2.88. The third kappa shape index (κ3) is 2.90. The van der Waals surface area contributed by atoms with Crippen molar-refractivity contribution in [2.24, 2.45) is 12.8 Å². The number of benzene rings is 2. The van der Waals surface area contributed by atoms with Gasteiger partial charge in [-0.15, -0.1) is 0 Å². The van der Waals surface area contributed by atoms with Gasteiger partial charge in [-0.3, -0.25) is 0 Å². The number of nitrogens with two attached hydrogens (primary N) is 1. The smallest absolute Gasteiger partial charge is 0.0480 e. The molecular weight excluding hydrogens is 292 g/mol. The Morgan fingerprint density at radius 2 is 1.82 bits per heavy atom. The van der Waals surface area contributed by atoms with Crippen LogP contribution in [0.4, 0.5) is 0 Å². The number of rotatable bonds is 4. The molecule has 0 spiro atoms. The fraction of sp³-hybridized carbons (Fsp3) is 0.263. The molecule has 1 aromatic heterocycles. The Labute approximate surface area is 136 Å². The van der Waals surface area contributed by atoms with Crippen LogP contribution >= 0.6 is 11.6 Å². The molecule has 0 unspecified atom stereocenters. The number of nitrogens with zero attached hydrogens (tertiary/aromatic N) is 1. The van der Waals surface area contributed by atoms with Gasteiger partial charge in [0.15, 0.2) is 0 Å². The summed E-state index contributed by atoms with van der Waals surface area (Å²) in [6.45, 7) is 2.09. The maximum absolute atomic E-state index is 6.31. The van der Waals surface area contributed by atoms with Crippen molar-refractivity contribution in [1.29, 1.82) is 0 Å². The molecule has 3 heteroatoms. The summed E-state index contributed by atoms with van der Waals surface area (Å²) in [5.41, 5.74) is 10.1. The molecule has 0 amide bonds. The van der Waals surface area contributed by atoms with Crippen molar-refractivity contribution in [1.82, 2.24) is 4.57 Å². The normalized spacial score (nSPS) is 14.2. The standard InChI is InChI=1S/C19H21ClN2/c1-13(21)18(12-14-6-8-15(20)9-7-14)16-4-3-5-19-17(16)10-11-22(19)2/h3-11,13,18H,12,21H2,1-2H3/t13-,18+/m1/s1. The second-order valence-corrected chi connectivity index (χ2v) is 6.44. The van der Waals surface area contributed by atoms with Crippen LogP contribution in [0.1, 0.15) is 24.0 Å². The summed E-state index contributed by atoms with van der Waals surface area (Å²) in [6.07, 6.45) is 3.03. The van der Waals surface area contributed by atoms with E-state index in [0.717, 1.165) is 11.4 Å². The van der Waals surface area contributed by atoms with Crippen LogP contribution in [-0.2, 0) is 13.5 Å². The molecule has 2 N–H and O–H groups in total. The van der Waals surface area contributed by atoms with Gasteiger partial charge in [0, 0.05) is 41.1 Å². The zero-order chi connectivity index (χ0) is 15.7. The summed E-state index contributed by atoms with van der Waals surface area (Å²) < 4.78 is 2.15. The highest BCUT2D eigenvalue weighted by Crippen LogP contribution is 2.31. The van der Waals surface area contributed by atoms with Gasteiger partial charge in [-0.25, -0.2) is 0 Å². The van der Waals surface area contributed by atoms with Gasteiger partial charge in [-0.1, -0.05) is 35.9 Å². The minimum absolute atomic E-state index is 0.0847. The Kier molecular flexibility index (Phi) is 4.23. The Balaban J connectivity index is 2.01. The lowest BCUT2D eigenvalue weighted by atomic mass is 9.85. The number of fused-ring (bicyclic) bond motifs is 1. The topological polar surface area (TPSA) is 30.9 Å². The van der Waals surface area contributed by atoms with Crippen LogP contribution in [0.5, 0.6) is 0 Å². The van der Waals surface area contributed by atoms with E-state index in [4.69, 9.17) is 17.3 Å². The zero-order valence-electron chi connectivity index (χ0n) is 13.0. The van der Waals surface area contributed by atoms with E-state index in [9.17, 15) is 0 Å². The second-order valence-electron chi connectivity index (χ2n) is 6.00. The van der Waals surface area contributed by atoms with E-state index in [2.05, 4.69) is 61.1 Å². The first kappa shape index (κ1) is 15.1. The molecule has 2 atom stereocenters. The van der Waals surface area contributed by atoms with E-state index in [1.165, 1.54) is 22.0 Å². The summed E-state index contributed by atoms with van der Waals surface area (Å²) in [5.74, 6) is 0.285. The first-order valence-electron chi connectivity index (χ1n) is 7.60. The van der Waals surface area contributed by atoms with E-state index in [0.29, 0.717) is 0 Å². The number of aryl methyl sites for hydroxylation is 1. The van der Waals surface area contributed by atoms with E-state index in [-0.39, 0.29) is 12.0 Å². The van der Waals surface area contributed by atoms with Crippen molar-refractivity contribution in [3.63, 3.8) is 0 Å². The fourth-order valence-corrected chi connectivity index (χ4v) is 3.23. The van der Waals surface area contributed by atoms with E-state index >= 15 is 0 Å². The highest BCUT2D eigenvalue weighted by molar-refractivity contribution is 6.30. The van der Waals surface area contributed by atoms with E-state index < -0.39 is 0 Å². The lowest BCUT2D eigenvalue weighted by Crippen LogP contribution is -2.26. The van der Waals surface area contributed by atoms with Gasteiger partial charge >= 0.3 is 0 Å². The van der Waals surface area contributed by atoms with Crippen molar-refractivity contribution >= 4 is 22.5 Å². The largest absolute Gasteiger partial charge is 0.351 e. The highest BCUT2D eigenvalue weighted by Gasteiger charge is 2.19. The summed E-state index contributed by atoms with van der Waals surface area (Å²) in [6, 6.07) is 16.8. The Morgan fingerprint density at radius 3 is 2.50 bits per heavy atom. The van der Waals surface area contributed by atoms with Gasteiger partial charge in [-0.05, 0) is 48.7 Å². The molecule has 0 aliphatic carbocycles. The van der Waals surface area contributed by atoms with E-state index in [1.54, 1.807) is 0 Å². The number of aromatic nitrogens is 1. The molecule has 3 aromatic rings. The van der Waals surface area contributed by atoms with Crippen LogP contribution in [0.2, 0.25) is 5.02 Å². The lowest BCUT2D eigenvalue weighted by Gasteiger charge is -2.22. The maximum Gasteiger partial charge on any atom is 0.0480 e. The Morgan fingerprint density at radius 1 is 1.09 bits per heavy atom. The number of hydrogen-bond donors (Lipinski definition) is 1. The fourth-order valence-electron chi connectivity index (χ4n) is 3.10. The molecule has 0 aliphatic rings. The van der Waals surface area contributed by atoms with E-state index in [1.807, 2.05) is 12.1 Å². The molecule has 1 heterocycles. The quantitative estimate of drug-likeness (QED) is 0.755. The molecule has 0 aliphatic heterocycles.